The molecule has 0 aliphatic heterocycles. The van der Waals surface area contributed by atoms with Crippen molar-refractivity contribution in [2.75, 3.05) is 4.90 Å². The summed E-state index contributed by atoms with van der Waals surface area (Å²) in [6, 6.07) is 28.8. The van der Waals surface area contributed by atoms with E-state index >= 15 is 0 Å². The predicted octanol–water partition coefficient (Wildman–Crippen LogP) is 4.97. The highest BCUT2D eigenvalue weighted by molar-refractivity contribution is 6.01. The Morgan fingerprint density at radius 2 is 1.66 bits per heavy atom. The van der Waals surface area contributed by atoms with E-state index in [2.05, 4.69) is 15.6 Å². The zero-order valence-electron chi connectivity index (χ0n) is 20.8. The van der Waals surface area contributed by atoms with E-state index in [9.17, 15) is 14.0 Å². The summed E-state index contributed by atoms with van der Waals surface area (Å²) in [6.07, 6.45) is 0. The Morgan fingerprint density at radius 1 is 0.921 bits per heavy atom. The molecule has 0 aliphatic rings. The van der Waals surface area contributed by atoms with Gasteiger partial charge in [0.05, 0.1) is 5.52 Å². The van der Waals surface area contributed by atoms with Crippen molar-refractivity contribution in [2.24, 2.45) is 0 Å². The van der Waals surface area contributed by atoms with Gasteiger partial charge in [0.15, 0.2) is 0 Å². The van der Waals surface area contributed by atoms with Gasteiger partial charge in [-0.05, 0) is 53.9 Å². The predicted molar refractivity (Wildman–Crippen MR) is 144 cm³/mol. The maximum atomic E-state index is 14.4. The van der Waals surface area contributed by atoms with E-state index in [4.69, 9.17) is 0 Å². The molecule has 0 radical (unpaired) electrons. The fourth-order valence-electron chi connectivity index (χ4n) is 4.47. The van der Waals surface area contributed by atoms with Gasteiger partial charge in [0, 0.05) is 12.2 Å². The number of carbonyl (C=O) groups excluding carboxylic acids is 2. The molecule has 0 saturated carbocycles. The van der Waals surface area contributed by atoms with Crippen molar-refractivity contribution in [3.63, 3.8) is 0 Å². The summed E-state index contributed by atoms with van der Waals surface area (Å²) in [5.41, 5.74) is 3.98. The molecule has 2 amide bonds. The highest BCUT2D eigenvalue weighted by atomic mass is 19.1. The second-order valence-electron chi connectivity index (χ2n) is 8.94. The SMILES string of the molecule is Cc1ccccc1C(C(=O)NCc1ccccc1)N(C(=O)Cn1nnc2ccccc21)c1cccc(F)c1. The van der Waals surface area contributed by atoms with E-state index in [1.165, 1.54) is 27.8 Å². The minimum Gasteiger partial charge on any atom is -0.350 e. The van der Waals surface area contributed by atoms with Crippen LogP contribution in [-0.2, 0) is 22.7 Å². The van der Waals surface area contributed by atoms with Crippen LogP contribution in [0.3, 0.4) is 0 Å². The third-order valence-corrected chi connectivity index (χ3v) is 6.36. The van der Waals surface area contributed by atoms with Crippen LogP contribution in [0.5, 0.6) is 0 Å². The number of benzene rings is 4. The number of rotatable bonds is 8. The molecule has 0 fully saturated rings. The monoisotopic (exact) mass is 507 g/mol. The molecule has 5 aromatic rings. The third-order valence-electron chi connectivity index (χ3n) is 6.36. The second kappa shape index (κ2) is 11.0. The number of nitrogens with one attached hydrogen (secondary N) is 1. The summed E-state index contributed by atoms with van der Waals surface area (Å²) in [7, 11) is 0. The molecule has 0 aliphatic carbocycles. The summed E-state index contributed by atoms with van der Waals surface area (Å²) in [6.45, 7) is 1.97. The Kier molecular flexibility index (Phi) is 7.21. The highest BCUT2D eigenvalue weighted by Gasteiger charge is 2.34. The maximum absolute atomic E-state index is 14.4. The van der Waals surface area contributed by atoms with Crippen LogP contribution < -0.4 is 10.2 Å². The normalized spacial score (nSPS) is 11.7. The molecule has 1 atom stereocenters. The lowest BCUT2D eigenvalue weighted by atomic mass is 9.98. The number of aryl methyl sites for hydroxylation is 1. The lowest BCUT2D eigenvalue weighted by Crippen LogP contribution is -2.45. The topological polar surface area (TPSA) is 80.1 Å². The summed E-state index contributed by atoms with van der Waals surface area (Å²) in [5, 5.41) is 11.3. The lowest BCUT2D eigenvalue weighted by molar-refractivity contribution is -0.127. The standard InChI is InChI=1S/C30H26FN5O2/c1-21-10-5-6-15-25(21)29(30(38)32-19-22-11-3-2-4-12-22)36(24-14-9-13-23(31)18-24)28(37)20-35-27-17-8-7-16-26(27)33-34-35/h2-18,29H,19-20H2,1H3,(H,32,38). The molecule has 4 aromatic carbocycles. The first-order chi connectivity index (χ1) is 18.5. The van der Waals surface area contributed by atoms with Gasteiger partial charge >= 0.3 is 0 Å². The van der Waals surface area contributed by atoms with E-state index in [1.807, 2.05) is 79.7 Å². The Labute approximate surface area is 219 Å². The zero-order valence-corrected chi connectivity index (χ0v) is 20.8. The van der Waals surface area contributed by atoms with Gasteiger partial charge in [-0.2, -0.15) is 0 Å². The van der Waals surface area contributed by atoms with Crippen molar-refractivity contribution < 1.29 is 14.0 Å². The summed E-state index contributed by atoms with van der Waals surface area (Å²) in [5.74, 6) is -1.33. The van der Waals surface area contributed by atoms with Crippen molar-refractivity contribution in [2.45, 2.75) is 26.1 Å². The molecule has 1 heterocycles. The van der Waals surface area contributed by atoms with Crippen LogP contribution in [0.1, 0.15) is 22.7 Å². The number of nitrogens with zero attached hydrogens (tertiary/aromatic N) is 4. The smallest absolute Gasteiger partial charge is 0.249 e. The Balaban J connectivity index is 1.57. The lowest BCUT2D eigenvalue weighted by Gasteiger charge is -2.32. The Bertz CT molecular complexity index is 1580. The Morgan fingerprint density at radius 3 is 2.45 bits per heavy atom. The maximum Gasteiger partial charge on any atom is 0.249 e. The van der Waals surface area contributed by atoms with Crippen molar-refractivity contribution in [1.82, 2.24) is 20.3 Å². The number of hydrogen-bond acceptors (Lipinski definition) is 4. The number of para-hydroxylation sites is 1. The molecule has 0 bridgehead atoms. The van der Waals surface area contributed by atoms with Crippen molar-refractivity contribution >= 4 is 28.5 Å². The molecule has 5 rings (SSSR count). The Hall–Kier alpha value is -4.85. The van der Waals surface area contributed by atoms with E-state index in [0.29, 0.717) is 16.6 Å². The quantitative estimate of drug-likeness (QED) is 0.322. The van der Waals surface area contributed by atoms with Gasteiger partial charge in [0.25, 0.3) is 0 Å². The zero-order chi connectivity index (χ0) is 26.5. The molecule has 190 valence electrons. The van der Waals surface area contributed by atoms with Gasteiger partial charge in [-0.25, -0.2) is 9.07 Å². The van der Waals surface area contributed by atoms with Crippen LogP contribution in [0.2, 0.25) is 0 Å². The van der Waals surface area contributed by atoms with Gasteiger partial charge in [-0.15, -0.1) is 5.10 Å². The average molecular weight is 508 g/mol. The van der Waals surface area contributed by atoms with E-state index in [-0.39, 0.29) is 24.7 Å². The fourth-order valence-corrected chi connectivity index (χ4v) is 4.47. The number of hydrogen-bond donors (Lipinski definition) is 1. The number of halogens is 1. The number of aromatic nitrogens is 3. The van der Waals surface area contributed by atoms with Gasteiger partial charge in [-0.1, -0.05) is 78.0 Å². The molecule has 0 saturated heterocycles. The molecule has 1 aromatic heterocycles. The number of amides is 2. The molecule has 38 heavy (non-hydrogen) atoms. The summed E-state index contributed by atoms with van der Waals surface area (Å²) in [4.78, 5) is 29.2. The first-order valence-electron chi connectivity index (χ1n) is 12.2. The van der Waals surface area contributed by atoms with Crippen LogP contribution in [0.25, 0.3) is 11.0 Å². The van der Waals surface area contributed by atoms with Crippen LogP contribution in [0.15, 0.2) is 103 Å². The molecule has 8 heteroatoms. The van der Waals surface area contributed by atoms with E-state index < -0.39 is 17.8 Å². The largest absolute Gasteiger partial charge is 0.350 e. The molecule has 0 spiro atoms. The number of fused-ring (bicyclic) bond motifs is 1. The summed E-state index contributed by atoms with van der Waals surface area (Å²) >= 11 is 0. The van der Waals surface area contributed by atoms with Crippen LogP contribution in [0.4, 0.5) is 10.1 Å². The summed E-state index contributed by atoms with van der Waals surface area (Å²) < 4.78 is 15.9. The molecule has 1 unspecified atom stereocenters. The van der Waals surface area contributed by atoms with Gasteiger partial charge in [0.2, 0.25) is 11.8 Å². The van der Waals surface area contributed by atoms with E-state index in [0.717, 1.165) is 11.1 Å². The first-order valence-corrected chi connectivity index (χ1v) is 12.2. The molecule has 1 N–H and O–H groups in total. The van der Waals surface area contributed by atoms with Gasteiger partial charge in [-0.3, -0.25) is 14.5 Å². The second-order valence-corrected chi connectivity index (χ2v) is 8.94. The van der Waals surface area contributed by atoms with Crippen molar-refractivity contribution in [1.29, 1.82) is 0 Å². The van der Waals surface area contributed by atoms with Gasteiger partial charge in [0.1, 0.15) is 23.9 Å². The van der Waals surface area contributed by atoms with Gasteiger partial charge < -0.3 is 5.32 Å². The molecular formula is C30H26FN5O2. The van der Waals surface area contributed by atoms with Crippen LogP contribution >= 0.6 is 0 Å². The number of carbonyl (C=O) groups is 2. The average Bonchev–Trinajstić information content (AvgIpc) is 3.34. The van der Waals surface area contributed by atoms with Crippen LogP contribution in [0, 0.1) is 12.7 Å². The van der Waals surface area contributed by atoms with E-state index in [1.54, 1.807) is 12.1 Å². The molecule has 7 nitrogen and oxygen atoms in total. The minimum absolute atomic E-state index is 0.189. The third kappa shape index (κ3) is 5.29. The number of anilines is 1. The minimum atomic E-state index is -1.05. The highest BCUT2D eigenvalue weighted by Crippen LogP contribution is 2.31. The van der Waals surface area contributed by atoms with Crippen molar-refractivity contribution in [3.05, 3.63) is 126 Å². The fraction of sp³-hybridized carbons (Fsp3) is 0.133. The molecular weight excluding hydrogens is 481 g/mol. The van der Waals surface area contributed by atoms with Crippen LogP contribution in [-0.4, -0.2) is 26.8 Å². The first kappa shape index (κ1) is 24.8. The van der Waals surface area contributed by atoms with Crippen molar-refractivity contribution in [3.8, 4) is 0 Å².